The molecule has 1 aromatic carbocycles. The molecule has 0 saturated carbocycles. The Labute approximate surface area is 119 Å². The molecule has 3 nitrogen and oxygen atoms in total. The van der Waals surface area contributed by atoms with E-state index in [9.17, 15) is 5.11 Å². The van der Waals surface area contributed by atoms with E-state index >= 15 is 0 Å². The smallest absolute Gasteiger partial charge is 0.160 e. The molecule has 0 saturated heterocycles. The number of fused-ring (bicyclic) bond motifs is 1. The molecule has 0 spiro atoms. The van der Waals surface area contributed by atoms with Crippen LogP contribution in [-0.2, 0) is 0 Å². The van der Waals surface area contributed by atoms with E-state index in [-0.39, 0.29) is 6.61 Å². The first-order valence-corrected chi connectivity index (χ1v) is 7.30. The average Bonchev–Trinajstić information content (AvgIpc) is 2.61. The van der Waals surface area contributed by atoms with E-state index in [1.807, 2.05) is 19.9 Å². The van der Waals surface area contributed by atoms with Crippen molar-refractivity contribution < 1.29 is 9.84 Å². The lowest BCUT2D eigenvalue weighted by molar-refractivity contribution is 0.0283. The van der Waals surface area contributed by atoms with Crippen molar-refractivity contribution in [3.8, 4) is 5.75 Å². The molecule has 1 heterocycles. The summed E-state index contributed by atoms with van der Waals surface area (Å²) < 4.78 is 7.68. The molecule has 18 heavy (non-hydrogen) atoms. The molecule has 1 N–H and O–H groups in total. The molecule has 0 aliphatic heterocycles. The van der Waals surface area contributed by atoms with Gasteiger partial charge in [0.15, 0.2) is 3.92 Å². The maximum atomic E-state index is 9.71. The van der Waals surface area contributed by atoms with Gasteiger partial charge < -0.3 is 9.84 Å². The van der Waals surface area contributed by atoms with Gasteiger partial charge >= 0.3 is 0 Å². The van der Waals surface area contributed by atoms with E-state index in [1.165, 1.54) is 0 Å². The summed E-state index contributed by atoms with van der Waals surface area (Å²) in [6.07, 6.45) is 0. The lowest BCUT2D eigenvalue weighted by Gasteiger charge is -2.19. The highest BCUT2D eigenvalue weighted by Gasteiger charge is 2.16. The van der Waals surface area contributed by atoms with Gasteiger partial charge in [0.25, 0.3) is 0 Å². The summed E-state index contributed by atoms with van der Waals surface area (Å²) in [5.41, 5.74) is 2.38. The highest BCUT2D eigenvalue weighted by Crippen LogP contribution is 2.35. The van der Waals surface area contributed by atoms with Gasteiger partial charge in [-0.05, 0) is 60.8 Å². The second kappa shape index (κ2) is 4.79. The molecule has 98 valence electrons. The molecule has 0 fully saturated rings. The van der Waals surface area contributed by atoms with Crippen molar-refractivity contribution in [3.63, 3.8) is 0 Å². The van der Waals surface area contributed by atoms with Crippen molar-refractivity contribution in [2.45, 2.75) is 33.3 Å². The number of thiazole rings is 1. The van der Waals surface area contributed by atoms with Crippen LogP contribution in [0.15, 0.2) is 9.98 Å². The third-order valence-corrected chi connectivity index (χ3v) is 4.21. The van der Waals surface area contributed by atoms with Crippen LogP contribution in [0.4, 0.5) is 0 Å². The molecule has 0 radical (unpaired) electrons. The minimum atomic E-state index is -0.830. The van der Waals surface area contributed by atoms with Crippen LogP contribution in [0.3, 0.4) is 0 Å². The summed E-state index contributed by atoms with van der Waals surface area (Å²) in [5.74, 6) is 0.818. The second-order valence-electron chi connectivity index (χ2n) is 5.04. The fraction of sp³-hybridized carbons (Fsp3) is 0.462. The van der Waals surface area contributed by atoms with Crippen LogP contribution in [0.1, 0.15) is 25.0 Å². The summed E-state index contributed by atoms with van der Waals surface area (Å²) in [4.78, 5) is 4.45. The molecule has 2 rings (SSSR count). The van der Waals surface area contributed by atoms with E-state index in [0.717, 1.165) is 31.0 Å². The predicted molar refractivity (Wildman–Crippen MR) is 78.6 cm³/mol. The lowest BCUT2D eigenvalue weighted by atomic mass is 10.1. The Morgan fingerprint density at radius 3 is 2.67 bits per heavy atom. The summed E-state index contributed by atoms with van der Waals surface area (Å²) in [5, 5.41) is 9.71. The zero-order chi connectivity index (χ0) is 13.5. The maximum Gasteiger partial charge on any atom is 0.160 e. The van der Waals surface area contributed by atoms with Gasteiger partial charge in [-0.15, -0.1) is 11.3 Å². The Balaban J connectivity index is 2.42. The number of hydrogen-bond donors (Lipinski definition) is 1. The van der Waals surface area contributed by atoms with Gasteiger partial charge in [-0.3, -0.25) is 0 Å². The zero-order valence-corrected chi connectivity index (χ0v) is 13.3. The van der Waals surface area contributed by atoms with Gasteiger partial charge in [0, 0.05) is 0 Å². The van der Waals surface area contributed by atoms with Crippen LogP contribution < -0.4 is 4.74 Å². The number of ether oxygens (including phenoxy) is 1. The van der Waals surface area contributed by atoms with E-state index < -0.39 is 5.60 Å². The third-order valence-electron chi connectivity index (χ3n) is 2.76. The van der Waals surface area contributed by atoms with Crippen molar-refractivity contribution in [3.05, 3.63) is 21.1 Å². The maximum absolute atomic E-state index is 9.71. The molecule has 2 aromatic rings. The average molecular weight is 330 g/mol. The number of rotatable bonds is 3. The summed E-state index contributed by atoms with van der Waals surface area (Å²) in [7, 11) is 0. The third kappa shape index (κ3) is 2.84. The monoisotopic (exact) mass is 329 g/mol. The number of aliphatic hydroxyl groups is 1. The van der Waals surface area contributed by atoms with Crippen molar-refractivity contribution in [2.24, 2.45) is 0 Å². The Morgan fingerprint density at radius 2 is 2.06 bits per heavy atom. The molecule has 5 heteroatoms. The normalized spacial score (nSPS) is 12.1. The quantitative estimate of drug-likeness (QED) is 0.930. The first-order chi connectivity index (χ1) is 8.28. The van der Waals surface area contributed by atoms with Gasteiger partial charge in [-0.1, -0.05) is 0 Å². The number of halogens is 1. The van der Waals surface area contributed by atoms with Gasteiger partial charge in [0.1, 0.15) is 12.4 Å². The number of hydrogen-bond acceptors (Lipinski definition) is 4. The standard InChI is InChI=1S/C13H16BrNO2S/c1-7-8(2)11-10(18-12(14)15-11)5-9(7)17-6-13(3,4)16/h5,16H,6H2,1-4H3. The van der Waals surface area contributed by atoms with Gasteiger partial charge in [-0.2, -0.15) is 0 Å². The summed E-state index contributed by atoms with van der Waals surface area (Å²) >= 11 is 4.99. The zero-order valence-electron chi connectivity index (χ0n) is 10.9. The van der Waals surface area contributed by atoms with Gasteiger partial charge in [0.05, 0.1) is 15.8 Å². The number of aromatic nitrogens is 1. The van der Waals surface area contributed by atoms with Crippen LogP contribution in [0.25, 0.3) is 10.2 Å². The Hall–Kier alpha value is -0.650. The SMILES string of the molecule is Cc1c(OCC(C)(C)O)cc2sc(Br)nc2c1C. The van der Waals surface area contributed by atoms with E-state index in [0.29, 0.717) is 0 Å². The highest BCUT2D eigenvalue weighted by molar-refractivity contribution is 9.11. The highest BCUT2D eigenvalue weighted by atomic mass is 79.9. The van der Waals surface area contributed by atoms with E-state index in [1.54, 1.807) is 25.2 Å². The van der Waals surface area contributed by atoms with Crippen LogP contribution in [0.5, 0.6) is 5.75 Å². The van der Waals surface area contributed by atoms with Crippen LogP contribution >= 0.6 is 27.3 Å². The largest absolute Gasteiger partial charge is 0.490 e. The number of nitrogens with zero attached hydrogens (tertiary/aromatic N) is 1. The molecular weight excluding hydrogens is 314 g/mol. The second-order valence-corrected chi connectivity index (χ2v) is 7.35. The molecule has 0 unspecified atom stereocenters. The van der Waals surface area contributed by atoms with E-state index in [4.69, 9.17) is 4.74 Å². The van der Waals surface area contributed by atoms with Gasteiger partial charge in [-0.25, -0.2) is 4.98 Å². The van der Waals surface area contributed by atoms with Crippen LogP contribution in [-0.4, -0.2) is 22.3 Å². The Bertz CT molecular complexity index is 587. The van der Waals surface area contributed by atoms with Crippen molar-refractivity contribution >= 4 is 37.5 Å². The minimum absolute atomic E-state index is 0.277. The van der Waals surface area contributed by atoms with E-state index in [2.05, 4.69) is 20.9 Å². The first kappa shape index (κ1) is 13.8. The van der Waals surface area contributed by atoms with Crippen molar-refractivity contribution in [2.75, 3.05) is 6.61 Å². The van der Waals surface area contributed by atoms with Crippen LogP contribution in [0, 0.1) is 13.8 Å². The molecule has 1 aromatic heterocycles. The summed E-state index contributed by atoms with van der Waals surface area (Å²) in [6, 6.07) is 1.99. The fourth-order valence-corrected chi connectivity index (χ4v) is 3.15. The first-order valence-electron chi connectivity index (χ1n) is 5.69. The van der Waals surface area contributed by atoms with Gasteiger partial charge in [0.2, 0.25) is 0 Å². The predicted octanol–water partition coefficient (Wildman–Crippen LogP) is 3.83. The van der Waals surface area contributed by atoms with Crippen molar-refractivity contribution in [1.82, 2.24) is 4.98 Å². The number of aryl methyl sites for hydroxylation is 1. The summed E-state index contributed by atoms with van der Waals surface area (Å²) in [6.45, 7) is 7.80. The minimum Gasteiger partial charge on any atom is -0.490 e. The fourth-order valence-electron chi connectivity index (χ4n) is 1.67. The lowest BCUT2D eigenvalue weighted by Crippen LogP contribution is -2.28. The molecule has 0 amide bonds. The van der Waals surface area contributed by atoms with Crippen molar-refractivity contribution in [1.29, 1.82) is 0 Å². The topological polar surface area (TPSA) is 42.4 Å². The Morgan fingerprint density at radius 1 is 1.39 bits per heavy atom. The molecule has 0 bridgehead atoms. The molecule has 0 aliphatic rings. The number of benzene rings is 1. The Kier molecular flexibility index (Phi) is 3.67. The molecule has 0 atom stereocenters. The molecular formula is C13H16BrNO2S. The molecule has 0 aliphatic carbocycles. The van der Waals surface area contributed by atoms with Crippen LogP contribution in [0.2, 0.25) is 0 Å².